The van der Waals surface area contributed by atoms with E-state index in [0.717, 1.165) is 11.1 Å². The van der Waals surface area contributed by atoms with Gasteiger partial charge in [0.15, 0.2) is 0 Å². The Morgan fingerprint density at radius 3 is 2.29 bits per heavy atom. The first-order chi connectivity index (χ1) is 20.0. The number of nitrogens with zero attached hydrogens (tertiary/aromatic N) is 2. The Kier molecular flexibility index (Phi) is 7.27. The van der Waals surface area contributed by atoms with Gasteiger partial charge in [-0.15, -0.1) is 0 Å². The molecular weight excluding hydrogens is 538 g/mol. The number of nitrogens with one attached hydrogen (secondary N) is 1. The highest BCUT2D eigenvalue weighted by Gasteiger charge is 2.24. The van der Waals surface area contributed by atoms with Gasteiger partial charge in [-0.25, -0.2) is 4.79 Å². The number of hydrogen-bond acceptors (Lipinski definition) is 5. The van der Waals surface area contributed by atoms with Crippen LogP contribution in [-0.4, -0.2) is 42.9 Å². The highest BCUT2D eigenvalue weighted by Crippen LogP contribution is 2.28. The second kappa shape index (κ2) is 11.3. The van der Waals surface area contributed by atoms with Gasteiger partial charge in [-0.2, -0.15) is 0 Å². The van der Waals surface area contributed by atoms with Crippen LogP contribution in [-0.2, 0) is 0 Å². The fourth-order valence-electron chi connectivity index (χ4n) is 5.07. The number of carbonyl (C=O) groups is 2. The van der Waals surface area contributed by atoms with Crippen molar-refractivity contribution in [3.8, 4) is 11.1 Å². The van der Waals surface area contributed by atoms with Crippen LogP contribution in [0.25, 0.3) is 22.1 Å². The Hall–Kier alpha value is -4.88. The Morgan fingerprint density at radius 1 is 0.756 bits per heavy atom. The Balaban J connectivity index is 1.17. The third-order valence-corrected chi connectivity index (χ3v) is 7.48. The van der Waals surface area contributed by atoms with Crippen molar-refractivity contribution in [3.63, 3.8) is 0 Å². The molecule has 0 spiro atoms. The fourth-order valence-corrected chi connectivity index (χ4v) is 5.19. The predicted molar refractivity (Wildman–Crippen MR) is 162 cm³/mol. The highest BCUT2D eigenvalue weighted by atomic mass is 35.5. The lowest BCUT2D eigenvalue weighted by molar-refractivity contribution is 0.0746. The topological polar surface area (TPSA) is 82.9 Å². The summed E-state index contributed by atoms with van der Waals surface area (Å²) in [5, 5.41) is 4.44. The van der Waals surface area contributed by atoms with Crippen molar-refractivity contribution in [2.24, 2.45) is 0 Å². The zero-order chi connectivity index (χ0) is 28.3. The molecule has 5 aromatic rings. The molecule has 1 aromatic heterocycles. The summed E-state index contributed by atoms with van der Waals surface area (Å²) in [6, 6.07) is 30.6. The van der Waals surface area contributed by atoms with Crippen LogP contribution in [0, 0.1) is 0 Å². The van der Waals surface area contributed by atoms with Crippen LogP contribution in [0.3, 0.4) is 0 Å². The number of hydrogen-bond donors (Lipinski definition) is 1. The first-order valence-electron chi connectivity index (χ1n) is 13.3. The minimum Gasteiger partial charge on any atom is -0.422 e. The smallest absolute Gasteiger partial charge is 0.344 e. The third kappa shape index (κ3) is 5.58. The van der Waals surface area contributed by atoms with Gasteiger partial charge in [0.05, 0.1) is 16.9 Å². The van der Waals surface area contributed by atoms with Crippen LogP contribution >= 0.6 is 11.6 Å². The molecule has 8 heteroatoms. The highest BCUT2D eigenvalue weighted by molar-refractivity contribution is 6.30. The van der Waals surface area contributed by atoms with Gasteiger partial charge < -0.3 is 19.5 Å². The van der Waals surface area contributed by atoms with Crippen LogP contribution in [0.1, 0.15) is 20.7 Å². The maximum absolute atomic E-state index is 13.4. The van der Waals surface area contributed by atoms with Crippen LogP contribution in [0.5, 0.6) is 0 Å². The van der Waals surface area contributed by atoms with E-state index in [1.165, 1.54) is 0 Å². The number of piperazine rings is 1. The first-order valence-corrected chi connectivity index (χ1v) is 13.7. The van der Waals surface area contributed by atoms with E-state index < -0.39 is 5.63 Å². The quantitative estimate of drug-likeness (QED) is 0.253. The molecule has 2 heterocycles. The Bertz CT molecular complexity index is 1810. The fraction of sp³-hybridized carbons (Fsp3) is 0.121. The van der Waals surface area contributed by atoms with E-state index in [1.54, 1.807) is 60.7 Å². The van der Waals surface area contributed by atoms with Gasteiger partial charge in [-0.05, 0) is 66.2 Å². The van der Waals surface area contributed by atoms with E-state index in [9.17, 15) is 14.4 Å². The summed E-state index contributed by atoms with van der Waals surface area (Å²) in [7, 11) is 0. The van der Waals surface area contributed by atoms with Crippen molar-refractivity contribution < 1.29 is 14.0 Å². The first kappa shape index (κ1) is 26.3. The molecule has 0 aliphatic carbocycles. The van der Waals surface area contributed by atoms with Crippen molar-refractivity contribution >= 4 is 45.8 Å². The molecule has 6 rings (SSSR count). The van der Waals surface area contributed by atoms with E-state index >= 15 is 0 Å². The number of fused-ring (bicyclic) bond motifs is 1. The summed E-state index contributed by atoms with van der Waals surface area (Å²) in [5.41, 5.74) is 3.64. The molecule has 4 aromatic carbocycles. The lowest BCUT2D eigenvalue weighted by atomic mass is 10.0. The van der Waals surface area contributed by atoms with Crippen molar-refractivity contribution in [1.82, 2.24) is 4.90 Å². The zero-order valence-electron chi connectivity index (χ0n) is 22.0. The van der Waals surface area contributed by atoms with Gasteiger partial charge in [-0.1, -0.05) is 54.1 Å². The summed E-state index contributed by atoms with van der Waals surface area (Å²) >= 11 is 5.96. The number of benzene rings is 4. The molecule has 0 bridgehead atoms. The molecule has 1 fully saturated rings. The van der Waals surface area contributed by atoms with E-state index in [0.29, 0.717) is 64.7 Å². The number of anilines is 2. The maximum Gasteiger partial charge on any atom is 0.344 e. The normalized spacial score (nSPS) is 13.3. The van der Waals surface area contributed by atoms with Crippen molar-refractivity contribution in [2.75, 3.05) is 36.4 Å². The number of carbonyl (C=O) groups excluding carboxylic acids is 2. The standard InChI is InChI=1S/C33H26ClN3O4/c34-26-14-12-22(13-15-26)32(39)37-18-16-36(17-19-37)29-10-3-2-9-28(29)35-31(38)25-8-5-7-23(20-25)27-21-24-6-1-4-11-30(24)41-33(27)40/h1-15,20-21H,16-19H2,(H,35,38). The molecule has 0 atom stereocenters. The van der Waals surface area contributed by atoms with Gasteiger partial charge in [0, 0.05) is 47.7 Å². The predicted octanol–water partition coefficient (Wildman–Crippen LogP) is 6.33. The van der Waals surface area contributed by atoms with Gasteiger partial charge in [0.25, 0.3) is 11.8 Å². The summed E-state index contributed by atoms with van der Waals surface area (Å²) in [6.45, 7) is 2.36. The summed E-state index contributed by atoms with van der Waals surface area (Å²) in [4.78, 5) is 43.0. The number of amides is 2. The van der Waals surface area contributed by atoms with Gasteiger partial charge >= 0.3 is 5.63 Å². The minimum absolute atomic E-state index is 0.0248. The van der Waals surface area contributed by atoms with Crippen LogP contribution in [0.15, 0.2) is 112 Å². The van der Waals surface area contributed by atoms with Crippen molar-refractivity contribution in [3.05, 3.63) is 130 Å². The SMILES string of the molecule is O=C(Nc1ccccc1N1CCN(C(=O)c2ccc(Cl)cc2)CC1)c1cccc(-c2cc3ccccc3oc2=O)c1. The summed E-state index contributed by atoms with van der Waals surface area (Å²) in [5.74, 6) is -0.315. The molecule has 1 aliphatic heterocycles. The Morgan fingerprint density at radius 2 is 1.49 bits per heavy atom. The van der Waals surface area contributed by atoms with E-state index in [2.05, 4.69) is 10.2 Å². The summed E-state index contributed by atoms with van der Waals surface area (Å²) < 4.78 is 5.49. The third-order valence-electron chi connectivity index (χ3n) is 7.23. The number of para-hydroxylation sites is 3. The van der Waals surface area contributed by atoms with E-state index in [4.69, 9.17) is 16.0 Å². The second-order valence-electron chi connectivity index (χ2n) is 9.82. The minimum atomic E-state index is -0.458. The molecule has 1 N–H and O–H groups in total. The molecular formula is C33H26ClN3O4. The average Bonchev–Trinajstić information content (AvgIpc) is 3.01. The molecule has 1 saturated heterocycles. The lowest BCUT2D eigenvalue weighted by Crippen LogP contribution is -2.49. The molecule has 2 amide bonds. The Labute approximate surface area is 241 Å². The van der Waals surface area contributed by atoms with Crippen molar-refractivity contribution in [2.45, 2.75) is 0 Å². The lowest BCUT2D eigenvalue weighted by Gasteiger charge is -2.37. The summed E-state index contributed by atoms with van der Waals surface area (Å²) in [6.07, 6.45) is 0. The monoisotopic (exact) mass is 563 g/mol. The van der Waals surface area contributed by atoms with Crippen LogP contribution in [0.2, 0.25) is 5.02 Å². The van der Waals surface area contributed by atoms with Gasteiger partial charge in [-0.3, -0.25) is 9.59 Å². The van der Waals surface area contributed by atoms with Gasteiger partial charge in [0.1, 0.15) is 5.58 Å². The molecule has 41 heavy (non-hydrogen) atoms. The maximum atomic E-state index is 13.4. The average molecular weight is 564 g/mol. The number of halogens is 1. The molecule has 1 aliphatic rings. The second-order valence-corrected chi connectivity index (χ2v) is 10.3. The van der Waals surface area contributed by atoms with E-state index in [1.807, 2.05) is 47.4 Å². The molecule has 0 radical (unpaired) electrons. The van der Waals surface area contributed by atoms with E-state index in [-0.39, 0.29) is 11.8 Å². The van der Waals surface area contributed by atoms with Crippen LogP contribution < -0.4 is 15.8 Å². The van der Waals surface area contributed by atoms with Crippen molar-refractivity contribution in [1.29, 1.82) is 0 Å². The largest absolute Gasteiger partial charge is 0.422 e. The molecule has 204 valence electrons. The number of rotatable bonds is 5. The van der Waals surface area contributed by atoms with Crippen LogP contribution in [0.4, 0.5) is 11.4 Å². The van der Waals surface area contributed by atoms with Gasteiger partial charge in [0.2, 0.25) is 0 Å². The molecule has 7 nitrogen and oxygen atoms in total. The zero-order valence-corrected chi connectivity index (χ0v) is 22.8. The molecule has 0 saturated carbocycles. The molecule has 0 unspecified atom stereocenters.